The molecule has 6 nitrogen and oxygen atoms in total. The zero-order valence-corrected chi connectivity index (χ0v) is 13.6. The van der Waals surface area contributed by atoms with Gasteiger partial charge < -0.3 is 9.84 Å². The first-order valence-corrected chi connectivity index (χ1v) is 9.41. The summed E-state index contributed by atoms with van der Waals surface area (Å²) in [6.07, 6.45) is 1.28. The van der Waals surface area contributed by atoms with Crippen molar-refractivity contribution in [1.29, 1.82) is 0 Å². The summed E-state index contributed by atoms with van der Waals surface area (Å²) in [7, 11) is -3.42. The number of nitrogens with zero attached hydrogens (tertiary/aromatic N) is 1. The van der Waals surface area contributed by atoms with E-state index >= 15 is 0 Å². The molecule has 0 aliphatic carbocycles. The van der Waals surface area contributed by atoms with Crippen LogP contribution in [0.3, 0.4) is 0 Å². The van der Waals surface area contributed by atoms with E-state index < -0.39 is 10.0 Å². The van der Waals surface area contributed by atoms with Crippen LogP contribution in [-0.4, -0.2) is 64.4 Å². The van der Waals surface area contributed by atoms with Crippen LogP contribution >= 0.6 is 11.3 Å². The number of ether oxygens (including phenoxy) is 1. The van der Waals surface area contributed by atoms with Crippen molar-refractivity contribution in [1.82, 2.24) is 9.62 Å². The quantitative estimate of drug-likeness (QED) is 0.668. The first-order chi connectivity index (χ1) is 10.1. The van der Waals surface area contributed by atoms with Gasteiger partial charge in [0.05, 0.1) is 13.2 Å². The first-order valence-electron chi connectivity index (χ1n) is 7.11. The zero-order chi connectivity index (χ0) is 15.1. The molecule has 0 unspecified atom stereocenters. The summed E-state index contributed by atoms with van der Waals surface area (Å²) in [4.78, 5) is 3.16. The lowest BCUT2D eigenvalue weighted by atomic mass is 10.3. The van der Waals surface area contributed by atoms with Crippen LogP contribution in [0.4, 0.5) is 0 Å². The SMILES string of the molecule is O=S(=O)(NCCCN1CCOCC1)c1ccc(CCO)s1. The molecule has 2 heterocycles. The van der Waals surface area contributed by atoms with Crippen LogP contribution in [0.1, 0.15) is 11.3 Å². The second-order valence-corrected chi connectivity index (χ2v) is 8.06. The molecule has 0 saturated carbocycles. The van der Waals surface area contributed by atoms with E-state index in [1.807, 2.05) is 0 Å². The van der Waals surface area contributed by atoms with Crippen molar-refractivity contribution >= 4 is 21.4 Å². The molecule has 8 heteroatoms. The molecule has 2 rings (SSSR count). The molecule has 2 N–H and O–H groups in total. The smallest absolute Gasteiger partial charge is 0.250 e. The predicted molar refractivity (Wildman–Crippen MR) is 82.2 cm³/mol. The zero-order valence-electron chi connectivity index (χ0n) is 12.0. The van der Waals surface area contributed by atoms with Gasteiger partial charge in [-0.05, 0) is 25.1 Å². The van der Waals surface area contributed by atoms with Crippen LogP contribution in [0.15, 0.2) is 16.3 Å². The lowest BCUT2D eigenvalue weighted by Crippen LogP contribution is -2.38. The molecule has 1 fully saturated rings. The summed E-state index contributed by atoms with van der Waals surface area (Å²) in [6.45, 7) is 4.71. The van der Waals surface area contributed by atoms with Crippen molar-refractivity contribution in [3.05, 3.63) is 17.0 Å². The number of hydrogen-bond acceptors (Lipinski definition) is 6. The Bertz CT molecular complexity index is 524. The Labute approximate surface area is 129 Å². The van der Waals surface area contributed by atoms with Crippen molar-refractivity contribution in [3.63, 3.8) is 0 Å². The van der Waals surface area contributed by atoms with Crippen LogP contribution in [0.2, 0.25) is 0 Å². The minimum absolute atomic E-state index is 0.0347. The Balaban J connectivity index is 1.75. The van der Waals surface area contributed by atoms with Gasteiger partial charge in [0.15, 0.2) is 0 Å². The summed E-state index contributed by atoms with van der Waals surface area (Å²) in [5.74, 6) is 0. The molecule has 1 aliphatic heterocycles. The van der Waals surface area contributed by atoms with E-state index in [1.54, 1.807) is 12.1 Å². The molecular weight excluding hydrogens is 312 g/mol. The van der Waals surface area contributed by atoms with Gasteiger partial charge in [0.2, 0.25) is 10.0 Å². The van der Waals surface area contributed by atoms with Crippen molar-refractivity contribution in [3.8, 4) is 0 Å². The molecule has 21 heavy (non-hydrogen) atoms. The Morgan fingerprint density at radius 2 is 2.10 bits per heavy atom. The number of aliphatic hydroxyl groups excluding tert-OH is 1. The molecule has 1 aliphatic rings. The summed E-state index contributed by atoms with van der Waals surface area (Å²) >= 11 is 1.21. The van der Waals surface area contributed by atoms with E-state index in [1.165, 1.54) is 11.3 Å². The standard InChI is InChI=1S/C13H22N2O4S2/c16-9-4-12-2-3-13(20-12)21(17,18)14-5-1-6-15-7-10-19-11-8-15/h2-3,14,16H,1,4-11H2. The molecule has 0 bridgehead atoms. The molecular formula is C13H22N2O4S2. The molecule has 1 aromatic rings. The van der Waals surface area contributed by atoms with Crippen molar-refractivity contribution in [2.45, 2.75) is 17.1 Å². The van der Waals surface area contributed by atoms with E-state index in [-0.39, 0.29) is 6.61 Å². The van der Waals surface area contributed by atoms with Gasteiger partial charge in [-0.2, -0.15) is 0 Å². The number of rotatable bonds is 8. The van der Waals surface area contributed by atoms with Crippen LogP contribution in [-0.2, 0) is 21.2 Å². The lowest BCUT2D eigenvalue weighted by molar-refractivity contribution is 0.0376. The summed E-state index contributed by atoms with van der Waals surface area (Å²) in [6, 6.07) is 3.35. The first kappa shape index (κ1) is 16.9. The van der Waals surface area contributed by atoms with Crippen LogP contribution in [0.25, 0.3) is 0 Å². The minimum atomic E-state index is -3.42. The maximum absolute atomic E-state index is 12.1. The van der Waals surface area contributed by atoms with E-state index in [4.69, 9.17) is 9.84 Å². The van der Waals surface area contributed by atoms with E-state index in [2.05, 4.69) is 9.62 Å². The van der Waals surface area contributed by atoms with Gasteiger partial charge in [-0.15, -0.1) is 11.3 Å². The number of morpholine rings is 1. The number of aliphatic hydroxyl groups is 1. The topological polar surface area (TPSA) is 78.9 Å². The number of sulfonamides is 1. The molecule has 1 saturated heterocycles. The Morgan fingerprint density at radius 1 is 1.33 bits per heavy atom. The van der Waals surface area contributed by atoms with Crippen LogP contribution in [0, 0.1) is 0 Å². The van der Waals surface area contributed by atoms with E-state index in [0.29, 0.717) is 17.2 Å². The highest BCUT2D eigenvalue weighted by Crippen LogP contribution is 2.21. The molecule has 0 radical (unpaired) electrons. The predicted octanol–water partition coefficient (Wildman–Crippen LogP) is 0.284. The molecule has 0 aromatic carbocycles. The monoisotopic (exact) mass is 334 g/mol. The van der Waals surface area contributed by atoms with Gasteiger partial charge in [0.25, 0.3) is 0 Å². The third kappa shape index (κ3) is 5.32. The fourth-order valence-electron chi connectivity index (χ4n) is 2.15. The third-order valence-electron chi connectivity index (χ3n) is 3.31. The van der Waals surface area contributed by atoms with Crippen molar-refractivity contribution in [2.75, 3.05) is 46.0 Å². The summed E-state index contributed by atoms with van der Waals surface area (Å²) in [5, 5.41) is 8.86. The maximum Gasteiger partial charge on any atom is 0.250 e. The van der Waals surface area contributed by atoms with Crippen LogP contribution in [0.5, 0.6) is 0 Å². The molecule has 0 atom stereocenters. The van der Waals surface area contributed by atoms with Crippen LogP contribution < -0.4 is 4.72 Å². The molecule has 120 valence electrons. The molecule has 0 spiro atoms. The number of hydrogen-bond donors (Lipinski definition) is 2. The van der Waals surface area contributed by atoms with Crippen molar-refractivity contribution < 1.29 is 18.3 Å². The van der Waals surface area contributed by atoms with Gasteiger partial charge in [-0.3, -0.25) is 4.90 Å². The minimum Gasteiger partial charge on any atom is -0.396 e. The molecule has 0 amide bonds. The number of thiophene rings is 1. The number of nitrogens with one attached hydrogen (secondary N) is 1. The summed E-state index contributed by atoms with van der Waals surface area (Å²) < 4.78 is 32.4. The Morgan fingerprint density at radius 3 is 2.81 bits per heavy atom. The van der Waals surface area contributed by atoms with E-state index in [9.17, 15) is 8.42 Å². The Hall–Kier alpha value is -0.510. The Kier molecular flexibility index (Phi) is 6.59. The van der Waals surface area contributed by atoms with Gasteiger partial charge in [0, 0.05) is 37.5 Å². The largest absolute Gasteiger partial charge is 0.396 e. The highest BCUT2D eigenvalue weighted by Gasteiger charge is 2.16. The van der Waals surface area contributed by atoms with Gasteiger partial charge >= 0.3 is 0 Å². The van der Waals surface area contributed by atoms with Crippen molar-refractivity contribution in [2.24, 2.45) is 0 Å². The van der Waals surface area contributed by atoms with Gasteiger partial charge in [-0.1, -0.05) is 0 Å². The third-order valence-corrected chi connectivity index (χ3v) is 6.40. The highest BCUT2D eigenvalue weighted by atomic mass is 32.2. The van der Waals surface area contributed by atoms with Gasteiger partial charge in [0.1, 0.15) is 4.21 Å². The second-order valence-electron chi connectivity index (χ2n) is 4.90. The van der Waals surface area contributed by atoms with Gasteiger partial charge in [-0.25, -0.2) is 13.1 Å². The highest BCUT2D eigenvalue weighted by molar-refractivity contribution is 7.91. The normalized spacial score (nSPS) is 17.2. The fourth-order valence-corrected chi connectivity index (χ4v) is 4.62. The lowest BCUT2D eigenvalue weighted by Gasteiger charge is -2.26. The average Bonchev–Trinajstić information content (AvgIpc) is 2.95. The summed E-state index contributed by atoms with van der Waals surface area (Å²) in [5.41, 5.74) is 0. The molecule has 1 aromatic heterocycles. The fraction of sp³-hybridized carbons (Fsp3) is 0.692. The average molecular weight is 334 g/mol. The maximum atomic E-state index is 12.1. The second kappa shape index (κ2) is 8.21. The van der Waals surface area contributed by atoms with E-state index in [0.717, 1.165) is 44.1 Å².